The van der Waals surface area contributed by atoms with Gasteiger partial charge in [-0.1, -0.05) is 18.2 Å². The molecule has 3 rings (SSSR count). The largest absolute Gasteiger partial charge is 0.508 e. The van der Waals surface area contributed by atoms with E-state index in [0.717, 1.165) is 5.56 Å². The van der Waals surface area contributed by atoms with E-state index < -0.39 is 0 Å². The normalized spacial score (nSPS) is 22.7. The van der Waals surface area contributed by atoms with Crippen molar-refractivity contribution in [3.8, 4) is 5.75 Å². The lowest BCUT2D eigenvalue weighted by Crippen LogP contribution is -2.33. The molecule has 100 valence electrons. The van der Waals surface area contributed by atoms with E-state index in [1.807, 2.05) is 36.9 Å². The number of phenolic OH excluding ortho intramolecular Hbond substituents is 1. The Morgan fingerprint density at radius 2 is 2.21 bits per heavy atom. The van der Waals surface area contributed by atoms with E-state index in [-0.39, 0.29) is 0 Å². The molecule has 0 saturated heterocycles. The van der Waals surface area contributed by atoms with Crippen LogP contribution in [0.4, 0.5) is 0 Å². The number of imidazole rings is 1. The average Bonchev–Trinajstić information content (AvgIpc) is 3.08. The fraction of sp³-hybridized carbons (Fsp3) is 0.400. The van der Waals surface area contributed by atoms with Crippen molar-refractivity contribution in [1.82, 2.24) is 14.9 Å². The minimum absolute atomic E-state index is 0.368. The Morgan fingerprint density at radius 1 is 1.32 bits per heavy atom. The molecule has 0 bridgehead atoms. The molecule has 1 aromatic carbocycles. The smallest absolute Gasteiger partial charge is 0.120 e. The predicted molar refractivity (Wildman–Crippen MR) is 73.8 cm³/mol. The lowest BCUT2D eigenvalue weighted by Gasteiger charge is -2.22. The number of rotatable bonds is 4. The number of nitrogens with zero attached hydrogens (tertiary/aromatic N) is 2. The van der Waals surface area contributed by atoms with Crippen LogP contribution in [-0.2, 0) is 6.54 Å². The molecule has 1 saturated carbocycles. The van der Waals surface area contributed by atoms with Gasteiger partial charge in [-0.15, -0.1) is 0 Å². The van der Waals surface area contributed by atoms with Gasteiger partial charge in [0.25, 0.3) is 0 Å². The summed E-state index contributed by atoms with van der Waals surface area (Å²) in [6, 6.07) is 8.44. The van der Waals surface area contributed by atoms with E-state index in [9.17, 15) is 5.11 Å². The van der Waals surface area contributed by atoms with Crippen molar-refractivity contribution in [2.75, 3.05) is 0 Å². The molecule has 0 amide bonds. The molecular weight excluding hydrogens is 238 g/mol. The third-order valence-corrected chi connectivity index (χ3v) is 3.93. The Kier molecular flexibility index (Phi) is 3.51. The van der Waals surface area contributed by atoms with Crippen LogP contribution in [0.3, 0.4) is 0 Å². The summed E-state index contributed by atoms with van der Waals surface area (Å²) in [7, 11) is 0. The SMILES string of the molecule is Oc1ccccc1CNC1CCCC1n1ccnc1. The molecule has 1 aliphatic rings. The van der Waals surface area contributed by atoms with E-state index in [1.165, 1.54) is 19.3 Å². The molecule has 2 atom stereocenters. The molecule has 2 N–H and O–H groups in total. The highest BCUT2D eigenvalue weighted by Gasteiger charge is 2.27. The highest BCUT2D eigenvalue weighted by atomic mass is 16.3. The van der Waals surface area contributed by atoms with Gasteiger partial charge < -0.3 is 15.0 Å². The van der Waals surface area contributed by atoms with Gasteiger partial charge in [0.15, 0.2) is 0 Å². The lowest BCUT2D eigenvalue weighted by atomic mass is 10.1. The fourth-order valence-electron chi connectivity index (χ4n) is 2.90. The molecule has 0 aliphatic heterocycles. The first-order valence-corrected chi connectivity index (χ1v) is 6.82. The van der Waals surface area contributed by atoms with Gasteiger partial charge in [-0.25, -0.2) is 4.98 Å². The monoisotopic (exact) mass is 257 g/mol. The molecule has 2 aromatic rings. The van der Waals surface area contributed by atoms with Crippen molar-refractivity contribution >= 4 is 0 Å². The average molecular weight is 257 g/mol. The summed E-state index contributed by atoms with van der Waals surface area (Å²) in [4.78, 5) is 4.13. The topological polar surface area (TPSA) is 50.1 Å². The quantitative estimate of drug-likeness (QED) is 0.884. The Labute approximate surface area is 113 Å². The third-order valence-electron chi connectivity index (χ3n) is 3.93. The van der Waals surface area contributed by atoms with Crippen LogP contribution in [-0.4, -0.2) is 20.7 Å². The molecule has 1 aromatic heterocycles. The number of nitrogens with one attached hydrogen (secondary N) is 1. The molecule has 19 heavy (non-hydrogen) atoms. The van der Waals surface area contributed by atoms with Crippen LogP contribution in [0.5, 0.6) is 5.75 Å². The third kappa shape index (κ3) is 2.63. The minimum atomic E-state index is 0.368. The van der Waals surface area contributed by atoms with Crippen LogP contribution in [0.25, 0.3) is 0 Å². The van der Waals surface area contributed by atoms with Gasteiger partial charge in [0.1, 0.15) is 5.75 Å². The molecule has 4 nitrogen and oxygen atoms in total. The maximum atomic E-state index is 9.78. The zero-order chi connectivity index (χ0) is 13.1. The van der Waals surface area contributed by atoms with Crippen LogP contribution < -0.4 is 5.32 Å². The van der Waals surface area contributed by atoms with Gasteiger partial charge in [0, 0.05) is 36.6 Å². The second kappa shape index (κ2) is 5.45. The standard InChI is InChI=1S/C15H19N3O/c19-15-7-2-1-4-12(15)10-17-13-5-3-6-14(13)18-9-8-16-11-18/h1-2,4,7-9,11,13-14,17,19H,3,5-6,10H2. The second-order valence-corrected chi connectivity index (χ2v) is 5.12. The lowest BCUT2D eigenvalue weighted by molar-refractivity contribution is 0.386. The number of benzene rings is 1. The molecule has 1 aliphatic carbocycles. The summed E-state index contributed by atoms with van der Waals surface area (Å²) in [5.41, 5.74) is 0.957. The van der Waals surface area contributed by atoms with Crippen LogP contribution in [0.1, 0.15) is 30.9 Å². The van der Waals surface area contributed by atoms with Gasteiger partial charge in [-0.2, -0.15) is 0 Å². The number of para-hydroxylation sites is 1. The van der Waals surface area contributed by atoms with Crippen LogP contribution in [0, 0.1) is 0 Å². The zero-order valence-electron chi connectivity index (χ0n) is 10.9. The summed E-state index contributed by atoms with van der Waals surface area (Å²) < 4.78 is 2.19. The molecule has 0 spiro atoms. The number of phenols is 1. The molecule has 1 fully saturated rings. The van der Waals surface area contributed by atoms with Crippen molar-refractivity contribution in [3.05, 3.63) is 48.5 Å². The summed E-state index contributed by atoms with van der Waals surface area (Å²) in [6.45, 7) is 0.711. The van der Waals surface area contributed by atoms with E-state index in [2.05, 4.69) is 14.9 Å². The van der Waals surface area contributed by atoms with E-state index in [0.29, 0.717) is 24.4 Å². The highest BCUT2D eigenvalue weighted by molar-refractivity contribution is 5.31. The van der Waals surface area contributed by atoms with Crippen LogP contribution in [0.15, 0.2) is 43.0 Å². The van der Waals surface area contributed by atoms with Crippen molar-refractivity contribution in [3.63, 3.8) is 0 Å². The summed E-state index contributed by atoms with van der Waals surface area (Å²) in [5.74, 6) is 0.368. The fourth-order valence-corrected chi connectivity index (χ4v) is 2.90. The zero-order valence-corrected chi connectivity index (χ0v) is 10.9. The Bertz CT molecular complexity index is 524. The minimum Gasteiger partial charge on any atom is -0.508 e. The first-order chi connectivity index (χ1) is 9.34. The molecule has 0 radical (unpaired) electrons. The Balaban J connectivity index is 1.65. The first-order valence-electron chi connectivity index (χ1n) is 6.82. The number of hydrogen-bond donors (Lipinski definition) is 2. The Morgan fingerprint density at radius 3 is 3.00 bits per heavy atom. The van der Waals surface area contributed by atoms with Gasteiger partial charge in [0.2, 0.25) is 0 Å². The van der Waals surface area contributed by atoms with E-state index in [1.54, 1.807) is 6.07 Å². The van der Waals surface area contributed by atoms with E-state index >= 15 is 0 Å². The van der Waals surface area contributed by atoms with Crippen molar-refractivity contribution < 1.29 is 5.11 Å². The summed E-state index contributed by atoms with van der Waals surface area (Å²) in [6.07, 6.45) is 9.36. The predicted octanol–water partition coefficient (Wildman–Crippen LogP) is 2.47. The van der Waals surface area contributed by atoms with Crippen molar-refractivity contribution in [2.45, 2.75) is 37.9 Å². The maximum Gasteiger partial charge on any atom is 0.120 e. The van der Waals surface area contributed by atoms with Gasteiger partial charge in [0.05, 0.1) is 6.33 Å². The molecular formula is C15H19N3O. The number of aromatic hydroxyl groups is 1. The van der Waals surface area contributed by atoms with Crippen LogP contribution >= 0.6 is 0 Å². The van der Waals surface area contributed by atoms with Crippen LogP contribution in [0.2, 0.25) is 0 Å². The van der Waals surface area contributed by atoms with Gasteiger partial charge >= 0.3 is 0 Å². The first kappa shape index (κ1) is 12.2. The second-order valence-electron chi connectivity index (χ2n) is 5.12. The molecule has 1 heterocycles. The number of hydrogen-bond acceptors (Lipinski definition) is 3. The Hall–Kier alpha value is -1.81. The highest BCUT2D eigenvalue weighted by Crippen LogP contribution is 2.30. The molecule has 4 heteroatoms. The molecule has 2 unspecified atom stereocenters. The maximum absolute atomic E-state index is 9.78. The van der Waals surface area contributed by atoms with E-state index in [4.69, 9.17) is 0 Å². The van der Waals surface area contributed by atoms with Gasteiger partial charge in [-0.3, -0.25) is 0 Å². The number of aromatic nitrogens is 2. The van der Waals surface area contributed by atoms with Crippen molar-refractivity contribution in [1.29, 1.82) is 0 Å². The van der Waals surface area contributed by atoms with Gasteiger partial charge in [-0.05, 0) is 25.3 Å². The van der Waals surface area contributed by atoms with Crippen molar-refractivity contribution in [2.24, 2.45) is 0 Å². The summed E-state index contributed by atoms with van der Waals surface area (Å²) >= 11 is 0. The summed E-state index contributed by atoms with van der Waals surface area (Å²) in [5, 5.41) is 13.3.